The molecule has 0 saturated carbocycles. The van der Waals surface area contributed by atoms with Gasteiger partial charge in [0.15, 0.2) is 5.82 Å². The van der Waals surface area contributed by atoms with Crippen LogP contribution in [0, 0.1) is 5.92 Å². The number of likely N-dealkylation sites (tertiary alicyclic amines) is 1. The Morgan fingerprint density at radius 1 is 0.759 bits per heavy atom. The number of phenols is 1. The molecule has 0 radical (unpaired) electrons. The summed E-state index contributed by atoms with van der Waals surface area (Å²) in [5, 5.41) is 22.6. The number of carbonyl (C=O) groups excluding carboxylic acids is 2. The number of benzene rings is 4. The molecule has 440 valence electrons. The number of alkyl halides is 2. The lowest BCUT2D eigenvalue weighted by molar-refractivity contribution is -0.138. The number of amides is 3. The van der Waals surface area contributed by atoms with Gasteiger partial charge in [-0.05, 0) is 133 Å². The molecule has 6 aromatic rings. The second-order valence-electron chi connectivity index (χ2n) is 23.8. The minimum atomic E-state index is -2.69. The van der Waals surface area contributed by atoms with Gasteiger partial charge in [0, 0.05) is 145 Å². The standard InChI is InChI=1S/C65H81F2N11O5/c1-68-65(81)76-28-22-59-58(43-76)64(77-23-6-9-49-38-56(50-40-69-71(2)42-50)57(63(66)67)39-60(49)77)70-78(59)52-20-26-75(27-21-52)61(80)44-83-36-35-82-34-33-72-29-31-73(32-30-72)41-45-18-24-74(25-19-45)51-13-10-47(11-14-51)62-54(46-7-4-3-5-8-46)16-12-48-37-53(79)15-17-55(48)62/h3-5,7-8,10-11,13-15,17,37-40,42,45,52,54,62-63,79H,6,9,12,16,18-36,41,43-44H2,1-2H3,(H,68,81)/t54-,62+/m0/s1. The summed E-state index contributed by atoms with van der Waals surface area (Å²) in [6.07, 6.45) is 8.79. The number of nitrogens with one attached hydrogen (secondary N) is 1. The summed E-state index contributed by atoms with van der Waals surface area (Å²) in [6.45, 7) is 12.6. The number of anilines is 3. The van der Waals surface area contributed by atoms with Gasteiger partial charge >= 0.3 is 6.03 Å². The zero-order valence-electron chi connectivity index (χ0n) is 48.3. The SMILES string of the molecule is CNC(=O)N1CCc2c(c(N3CCCc4cc(-c5cnn(C)c5)c(C(F)F)cc43)nn2C2CCN(C(=O)COCCOCCN3CCN(CC4CCN(c5ccc([C@H]6c7ccc(O)cc7CC[C@H]6c6ccccc6)cc5)CC4)CC3)CC2)C1. The molecule has 3 fully saturated rings. The molecule has 1 aliphatic carbocycles. The summed E-state index contributed by atoms with van der Waals surface area (Å²) in [5.74, 6) is 2.39. The number of hydrogen-bond acceptors (Lipinski definition) is 11. The number of aromatic nitrogens is 4. The molecule has 0 spiro atoms. The van der Waals surface area contributed by atoms with Gasteiger partial charge in [-0.2, -0.15) is 10.2 Å². The minimum Gasteiger partial charge on any atom is -0.508 e. The van der Waals surface area contributed by atoms with E-state index in [-0.39, 0.29) is 36.1 Å². The van der Waals surface area contributed by atoms with Crippen LogP contribution in [0.25, 0.3) is 11.1 Å². The first-order valence-corrected chi connectivity index (χ1v) is 30.4. The number of aryl methyl sites for hydroxylation is 3. The largest absolute Gasteiger partial charge is 0.508 e. The summed E-state index contributed by atoms with van der Waals surface area (Å²) in [5.41, 5.74) is 11.5. The van der Waals surface area contributed by atoms with E-state index in [0.717, 1.165) is 101 Å². The van der Waals surface area contributed by atoms with Crippen molar-refractivity contribution in [3.63, 3.8) is 0 Å². The molecule has 5 aliphatic heterocycles. The average molecular weight is 1130 g/mol. The molecule has 3 amide bonds. The van der Waals surface area contributed by atoms with Gasteiger partial charge in [0.1, 0.15) is 12.4 Å². The van der Waals surface area contributed by atoms with Gasteiger partial charge in [0.05, 0.1) is 38.6 Å². The first-order chi connectivity index (χ1) is 40.5. The van der Waals surface area contributed by atoms with E-state index in [2.05, 4.69) is 95.4 Å². The molecule has 16 nitrogen and oxygen atoms in total. The maximum Gasteiger partial charge on any atom is 0.317 e. The Bertz CT molecular complexity index is 3180. The van der Waals surface area contributed by atoms with Gasteiger partial charge < -0.3 is 44.4 Å². The second kappa shape index (κ2) is 25.6. The topological polar surface area (TPSA) is 140 Å². The number of ether oxygens (including phenoxy) is 2. The van der Waals surface area contributed by atoms with Crippen LogP contribution in [0.4, 0.5) is 30.8 Å². The number of halogens is 2. The van der Waals surface area contributed by atoms with Crippen LogP contribution in [0.1, 0.15) is 107 Å². The van der Waals surface area contributed by atoms with E-state index in [1.165, 1.54) is 40.8 Å². The Labute approximate surface area is 486 Å². The first-order valence-electron chi connectivity index (χ1n) is 30.4. The van der Waals surface area contributed by atoms with E-state index in [1.807, 2.05) is 23.1 Å². The number of piperidine rings is 2. The van der Waals surface area contributed by atoms with Crippen LogP contribution in [0.5, 0.6) is 5.75 Å². The van der Waals surface area contributed by atoms with Crippen molar-refractivity contribution in [1.82, 2.24) is 44.5 Å². The summed E-state index contributed by atoms with van der Waals surface area (Å²) >= 11 is 0. The molecule has 7 heterocycles. The number of phenolic OH excluding ortho intramolecular Hbond substituents is 1. The third-order valence-electron chi connectivity index (χ3n) is 18.8. The van der Waals surface area contributed by atoms with Crippen molar-refractivity contribution < 1.29 is 33.0 Å². The highest BCUT2D eigenvalue weighted by Gasteiger charge is 2.37. The van der Waals surface area contributed by atoms with Crippen molar-refractivity contribution in [3.05, 3.63) is 142 Å². The molecule has 12 rings (SSSR count). The number of nitrogens with zero attached hydrogens (tertiary/aromatic N) is 10. The average Bonchev–Trinajstić information content (AvgIpc) is 4.28. The fraction of sp³-hybridized carbons (Fsp3) is 0.508. The maximum absolute atomic E-state index is 14.8. The molecule has 0 bridgehead atoms. The molecule has 6 aliphatic rings. The Hall–Kier alpha value is -6.86. The van der Waals surface area contributed by atoms with Gasteiger partial charge in [-0.15, -0.1) is 0 Å². The highest BCUT2D eigenvalue weighted by atomic mass is 19.3. The molecule has 2 N–H and O–H groups in total. The van der Waals surface area contributed by atoms with Gasteiger partial charge in [0.2, 0.25) is 5.91 Å². The molecule has 4 aromatic carbocycles. The number of hydrogen-bond donors (Lipinski definition) is 2. The van der Waals surface area contributed by atoms with E-state index in [0.29, 0.717) is 106 Å². The monoisotopic (exact) mass is 1130 g/mol. The lowest BCUT2D eigenvalue weighted by Gasteiger charge is -2.39. The normalized spacial score (nSPS) is 20.2. The van der Waals surface area contributed by atoms with E-state index in [1.54, 1.807) is 42.1 Å². The maximum atomic E-state index is 14.8. The number of urea groups is 1. The fourth-order valence-electron chi connectivity index (χ4n) is 14.3. The number of rotatable bonds is 17. The Balaban J connectivity index is 0.557. The minimum absolute atomic E-state index is 0.0101. The fourth-order valence-corrected chi connectivity index (χ4v) is 14.3. The third kappa shape index (κ3) is 12.5. The quantitative estimate of drug-likeness (QED) is 0.0846. The number of piperazine rings is 1. The molecular weight excluding hydrogens is 1050 g/mol. The van der Waals surface area contributed by atoms with E-state index in [9.17, 15) is 23.5 Å². The van der Waals surface area contributed by atoms with Crippen LogP contribution in [0.2, 0.25) is 0 Å². The van der Waals surface area contributed by atoms with E-state index in [4.69, 9.17) is 14.6 Å². The van der Waals surface area contributed by atoms with Crippen molar-refractivity contribution in [2.24, 2.45) is 13.0 Å². The first kappa shape index (κ1) is 56.6. The second-order valence-corrected chi connectivity index (χ2v) is 23.8. The summed E-state index contributed by atoms with van der Waals surface area (Å²) < 4.78 is 45.2. The number of aromatic hydroxyl groups is 1. The van der Waals surface area contributed by atoms with Gasteiger partial charge in [-0.1, -0.05) is 48.5 Å². The molecule has 2 atom stereocenters. The molecule has 83 heavy (non-hydrogen) atoms. The molecule has 0 unspecified atom stereocenters. The van der Waals surface area contributed by atoms with E-state index >= 15 is 0 Å². The molecule has 3 saturated heterocycles. The molecular formula is C65H81F2N11O5. The van der Waals surface area contributed by atoms with Crippen LogP contribution in [-0.4, -0.2) is 168 Å². The van der Waals surface area contributed by atoms with Crippen LogP contribution in [0.3, 0.4) is 0 Å². The zero-order chi connectivity index (χ0) is 57.0. The van der Waals surface area contributed by atoms with Crippen molar-refractivity contribution in [2.75, 3.05) is 122 Å². The van der Waals surface area contributed by atoms with Gasteiger partial charge in [-0.3, -0.25) is 19.1 Å². The summed E-state index contributed by atoms with van der Waals surface area (Å²) in [7, 11) is 3.41. The summed E-state index contributed by atoms with van der Waals surface area (Å²) in [4.78, 5) is 39.8. The van der Waals surface area contributed by atoms with Crippen molar-refractivity contribution >= 4 is 29.1 Å². The van der Waals surface area contributed by atoms with E-state index < -0.39 is 6.43 Å². The van der Waals surface area contributed by atoms with Crippen LogP contribution < -0.4 is 15.1 Å². The number of carbonyl (C=O) groups is 2. The zero-order valence-corrected chi connectivity index (χ0v) is 48.3. The molecule has 18 heteroatoms. The van der Waals surface area contributed by atoms with Crippen molar-refractivity contribution in [2.45, 2.75) is 88.6 Å². The lowest BCUT2D eigenvalue weighted by Crippen LogP contribution is -2.49. The Morgan fingerprint density at radius 3 is 2.28 bits per heavy atom. The third-order valence-corrected chi connectivity index (χ3v) is 18.8. The van der Waals surface area contributed by atoms with Crippen LogP contribution in [0.15, 0.2) is 97.3 Å². The smallest absolute Gasteiger partial charge is 0.317 e. The Kier molecular flexibility index (Phi) is 17.4. The van der Waals surface area contributed by atoms with Gasteiger partial charge in [-0.25, -0.2) is 13.6 Å². The molecule has 2 aromatic heterocycles. The highest BCUT2D eigenvalue weighted by Crippen LogP contribution is 2.48. The van der Waals surface area contributed by atoms with Crippen LogP contribution in [-0.2, 0) is 47.1 Å². The van der Waals surface area contributed by atoms with Crippen molar-refractivity contribution in [1.29, 1.82) is 0 Å². The van der Waals surface area contributed by atoms with Crippen molar-refractivity contribution in [3.8, 4) is 16.9 Å². The van der Waals surface area contributed by atoms with Gasteiger partial charge in [0.25, 0.3) is 6.43 Å². The predicted molar refractivity (Wildman–Crippen MR) is 318 cm³/mol. The number of fused-ring (bicyclic) bond motifs is 3. The van der Waals surface area contributed by atoms with Crippen LogP contribution >= 0.6 is 0 Å². The summed E-state index contributed by atoms with van der Waals surface area (Å²) in [6, 6.07) is 29.7. The highest BCUT2D eigenvalue weighted by molar-refractivity contribution is 5.79. The Morgan fingerprint density at radius 2 is 1.53 bits per heavy atom. The lowest BCUT2D eigenvalue weighted by atomic mass is 9.69. The predicted octanol–water partition coefficient (Wildman–Crippen LogP) is 9.30.